The second-order valence-corrected chi connectivity index (χ2v) is 6.87. The smallest absolute Gasteiger partial charge is 0.310 e. The number of esters is 1. The summed E-state index contributed by atoms with van der Waals surface area (Å²) in [6, 6.07) is 0. The zero-order chi connectivity index (χ0) is 12.6. The fraction of sp³-hybridized carbons (Fsp3) is 0.929. The van der Waals surface area contributed by atoms with Gasteiger partial charge in [0, 0.05) is 0 Å². The van der Waals surface area contributed by atoms with Crippen molar-refractivity contribution in [2.75, 3.05) is 0 Å². The van der Waals surface area contributed by atoms with E-state index in [0.29, 0.717) is 5.92 Å². The van der Waals surface area contributed by atoms with Gasteiger partial charge in [0.2, 0.25) is 0 Å². The van der Waals surface area contributed by atoms with E-state index in [-0.39, 0.29) is 22.9 Å². The van der Waals surface area contributed by atoms with Gasteiger partial charge in [-0.1, -0.05) is 27.2 Å². The average molecular weight is 226 g/mol. The van der Waals surface area contributed by atoms with Crippen LogP contribution in [-0.4, -0.2) is 11.6 Å². The van der Waals surface area contributed by atoms with Crippen LogP contribution in [0, 0.1) is 17.3 Å². The van der Waals surface area contributed by atoms with Gasteiger partial charge in [-0.2, -0.15) is 0 Å². The van der Waals surface area contributed by atoms with Crippen LogP contribution in [0.2, 0.25) is 0 Å². The van der Waals surface area contributed by atoms with Crippen LogP contribution in [0.5, 0.6) is 0 Å². The molecule has 0 aromatic carbocycles. The fourth-order valence-electron chi connectivity index (χ4n) is 2.89. The molecule has 2 nitrogen and oxygen atoms in total. The highest BCUT2D eigenvalue weighted by atomic mass is 16.6. The largest absolute Gasteiger partial charge is 0.460 e. The molecule has 2 unspecified atom stereocenters. The quantitative estimate of drug-likeness (QED) is 0.636. The second kappa shape index (κ2) is 4.38. The fourth-order valence-corrected chi connectivity index (χ4v) is 2.89. The number of ether oxygens (including phenoxy) is 1. The molecule has 94 valence electrons. The molecule has 0 aromatic rings. The molecule has 1 aliphatic carbocycles. The van der Waals surface area contributed by atoms with Crippen molar-refractivity contribution >= 4 is 5.97 Å². The maximum absolute atomic E-state index is 12.2. The Bertz CT molecular complexity index is 260. The van der Waals surface area contributed by atoms with Crippen molar-refractivity contribution in [1.82, 2.24) is 0 Å². The standard InChI is InChI=1S/C14H26O2/c1-10-8-7-9-14(5,6)11(10)12(15)16-13(2,3)4/h10-11H,7-9H2,1-6H3. The Morgan fingerprint density at radius 2 is 1.88 bits per heavy atom. The maximum Gasteiger partial charge on any atom is 0.310 e. The summed E-state index contributed by atoms with van der Waals surface area (Å²) in [5, 5.41) is 0. The Hall–Kier alpha value is -0.530. The molecule has 0 radical (unpaired) electrons. The van der Waals surface area contributed by atoms with Gasteiger partial charge < -0.3 is 4.74 Å². The highest BCUT2D eigenvalue weighted by Gasteiger charge is 2.43. The normalized spacial score (nSPS) is 29.9. The molecule has 0 N–H and O–H groups in total. The molecular formula is C14H26O2. The van der Waals surface area contributed by atoms with Gasteiger partial charge in [-0.25, -0.2) is 0 Å². The Morgan fingerprint density at radius 1 is 1.31 bits per heavy atom. The van der Waals surface area contributed by atoms with E-state index < -0.39 is 0 Å². The summed E-state index contributed by atoms with van der Waals surface area (Å²) in [5.41, 5.74) is -0.287. The summed E-state index contributed by atoms with van der Waals surface area (Å²) in [4.78, 5) is 12.2. The number of carbonyl (C=O) groups excluding carboxylic acids is 1. The van der Waals surface area contributed by atoms with Crippen LogP contribution in [-0.2, 0) is 9.53 Å². The van der Waals surface area contributed by atoms with Crippen molar-refractivity contribution in [3.63, 3.8) is 0 Å². The minimum atomic E-state index is -0.371. The van der Waals surface area contributed by atoms with Gasteiger partial charge >= 0.3 is 5.97 Å². The Kier molecular flexibility index (Phi) is 3.71. The number of hydrogen-bond acceptors (Lipinski definition) is 2. The van der Waals surface area contributed by atoms with E-state index >= 15 is 0 Å². The first-order valence-electron chi connectivity index (χ1n) is 6.36. The predicted molar refractivity (Wildman–Crippen MR) is 66.1 cm³/mol. The summed E-state index contributed by atoms with van der Waals surface area (Å²) in [6.45, 7) is 12.4. The minimum Gasteiger partial charge on any atom is -0.460 e. The van der Waals surface area contributed by atoms with E-state index in [0.717, 1.165) is 12.8 Å². The summed E-state index contributed by atoms with van der Waals surface area (Å²) < 4.78 is 5.54. The second-order valence-electron chi connectivity index (χ2n) is 6.87. The van der Waals surface area contributed by atoms with Crippen LogP contribution in [0.1, 0.15) is 60.8 Å². The molecule has 0 spiro atoms. The third kappa shape index (κ3) is 3.23. The third-order valence-corrected chi connectivity index (χ3v) is 3.55. The molecule has 1 aliphatic rings. The first kappa shape index (κ1) is 13.5. The molecule has 0 aliphatic heterocycles. The highest BCUT2D eigenvalue weighted by Crippen LogP contribution is 2.44. The molecule has 1 fully saturated rings. The average Bonchev–Trinajstić information content (AvgIpc) is 1.97. The zero-order valence-corrected chi connectivity index (χ0v) is 11.6. The van der Waals surface area contributed by atoms with Gasteiger partial charge in [0.15, 0.2) is 0 Å². The van der Waals surface area contributed by atoms with E-state index in [1.165, 1.54) is 6.42 Å². The Labute approximate surface area is 99.8 Å². The topological polar surface area (TPSA) is 26.3 Å². The Balaban J connectivity index is 2.79. The van der Waals surface area contributed by atoms with Gasteiger partial charge in [0.1, 0.15) is 5.60 Å². The van der Waals surface area contributed by atoms with Crippen LogP contribution >= 0.6 is 0 Å². The molecule has 2 atom stereocenters. The van der Waals surface area contributed by atoms with Crippen LogP contribution in [0.3, 0.4) is 0 Å². The van der Waals surface area contributed by atoms with Crippen molar-refractivity contribution in [3.05, 3.63) is 0 Å². The van der Waals surface area contributed by atoms with E-state index in [4.69, 9.17) is 4.74 Å². The van der Waals surface area contributed by atoms with E-state index in [2.05, 4.69) is 20.8 Å². The lowest BCUT2D eigenvalue weighted by atomic mass is 9.64. The van der Waals surface area contributed by atoms with Crippen LogP contribution in [0.25, 0.3) is 0 Å². The van der Waals surface area contributed by atoms with Crippen molar-refractivity contribution in [2.45, 2.75) is 66.4 Å². The summed E-state index contributed by atoms with van der Waals surface area (Å²) in [5.74, 6) is 0.490. The van der Waals surface area contributed by atoms with Crippen LogP contribution < -0.4 is 0 Å². The van der Waals surface area contributed by atoms with Crippen molar-refractivity contribution < 1.29 is 9.53 Å². The van der Waals surface area contributed by atoms with Crippen molar-refractivity contribution in [2.24, 2.45) is 17.3 Å². The van der Waals surface area contributed by atoms with E-state index in [1.807, 2.05) is 20.8 Å². The predicted octanol–water partition coefficient (Wildman–Crippen LogP) is 3.79. The molecule has 16 heavy (non-hydrogen) atoms. The molecule has 0 heterocycles. The van der Waals surface area contributed by atoms with Crippen LogP contribution in [0.15, 0.2) is 0 Å². The summed E-state index contributed by atoms with van der Waals surface area (Å²) in [7, 11) is 0. The lowest BCUT2D eigenvalue weighted by Gasteiger charge is -2.42. The first-order chi connectivity index (χ1) is 7.13. The molecule has 0 bridgehead atoms. The van der Waals surface area contributed by atoms with Crippen LogP contribution in [0.4, 0.5) is 0 Å². The zero-order valence-electron chi connectivity index (χ0n) is 11.6. The van der Waals surface area contributed by atoms with Crippen molar-refractivity contribution in [1.29, 1.82) is 0 Å². The monoisotopic (exact) mass is 226 g/mol. The number of carbonyl (C=O) groups is 1. The molecular weight excluding hydrogens is 200 g/mol. The third-order valence-electron chi connectivity index (χ3n) is 3.55. The van der Waals surface area contributed by atoms with Gasteiger partial charge in [0.05, 0.1) is 5.92 Å². The number of hydrogen-bond donors (Lipinski definition) is 0. The lowest BCUT2D eigenvalue weighted by Crippen LogP contribution is -2.42. The van der Waals surface area contributed by atoms with E-state index in [9.17, 15) is 4.79 Å². The maximum atomic E-state index is 12.2. The number of rotatable bonds is 1. The van der Waals surface area contributed by atoms with Crippen molar-refractivity contribution in [3.8, 4) is 0 Å². The lowest BCUT2D eigenvalue weighted by molar-refractivity contribution is -0.169. The molecule has 1 rings (SSSR count). The minimum absolute atomic E-state index is 0.00954. The summed E-state index contributed by atoms with van der Waals surface area (Å²) in [6.07, 6.45) is 3.50. The molecule has 0 saturated heterocycles. The van der Waals surface area contributed by atoms with E-state index in [1.54, 1.807) is 0 Å². The molecule has 2 heteroatoms. The molecule has 1 saturated carbocycles. The SMILES string of the molecule is CC1CCCC(C)(C)C1C(=O)OC(C)(C)C. The molecule has 0 amide bonds. The molecule has 0 aromatic heterocycles. The van der Waals surface area contributed by atoms with Gasteiger partial charge in [-0.05, 0) is 44.9 Å². The van der Waals surface area contributed by atoms with Gasteiger partial charge in [0.25, 0.3) is 0 Å². The van der Waals surface area contributed by atoms with Gasteiger partial charge in [-0.15, -0.1) is 0 Å². The highest BCUT2D eigenvalue weighted by molar-refractivity contribution is 5.74. The Morgan fingerprint density at radius 3 is 2.31 bits per heavy atom. The first-order valence-corrected chi connectivity index (χ1v) is 6.36. The summed E-state index contributed by atoms with van der Waals surface area (Å²) >= 11 is 0. The van der Waals surface area contributed by atoms with Gasteiger partial charge in [-0.3, -0.25) is 4.79 Å².